The van der Waals surface area contributed by atoms with E-state index in [0.717, 1.165) is 13.2 Å². The highest BCUT2D eigenvalue weighted by Gasteiger charge is 2.14. The van der Waals surface area contributed by atoms with Gasteiger partial charge in [-0.1, -0.05) is 129 Å². The molecule has 1 rings (SSSR count). The molecule has 0 bridgehead atoms. The zero-order valence-electron chi connectivity index (χ0n) is 27.8. The smallest absolute Gasteiger partial charge is 0.0462 e. The van der Waals surface area contributed by atoms with Crippen LogP contribution in [0.15, 0.2) is 12.1 Å². The average Bonchev–Trinajstić information content (AvgIpc) is 2.97. The summed E-state index contributed by atoms with van der Waals surface area (Å²) in [6.07, 6.45) is 35.0. The predicted molar refractivity (Wildman–Crippen MR) is 178 cm³/mol. The van der Waals surface area contributed by atoms with Crippen LogP contribution in [0.3, 0.4) is 0 Å². The highest BCUT2D eigenvalue weighted by molar-refractivity contribution is 5.42. The molecule has 0 aliphatic heterocycles. The second-order valence-corrected chi connectivity index (χ2v) is 12.4. The van der Waals surface area contributed by atoms with Crippen LogP contribution in [0.2, 0.25) is 0 Å². The molecule has 0 saturated heterocycles. The third-order valence-corrected chi connectivity index (χ3v) is 8.78. The third kappa shape index (κ3) is 19.3. The van der Waals surface area contributed by atoms with Crippen LogP contribution in [-0.2, 0) is 35.2 Å². The summed E-state index contributed by atoms with van der Waals surface area (Å²) in [4.78, 5) is 0. The monoisotopic (exact) mass is 559 g/mol. The molecule has 0 fully saturated rings. The summed E-state index contributed by atoms with van der Waals surface area (Å²) in [5, 5.41) is 0. The lowest BCUT2D eigenvalue weighted by molar-refractivity contribution is 0.192. The fraction of sp³-hybridized carbons (Fsp3) is 0.842. The van der Waals surface area contributed by atoms with Gasteiger partial charge >= 0.3 is 0 Å². The number of hydrogen-bond donors (Lipinski definition) is 0. The van der Waals surface area contributed by atoms with Gasteiger partial charge in [0, 0.05) is 27.4 Å². The maximum absolute atomic E-state index is 5.23. The maximum Gasteiger partial charge on any atom is 0.0462 e. The van der Waals surface area contributed by atoms with E-state index in [1.807, 2.05) is 14.2 Å². The summed E-state index contributed by atoms with van der Waals surface area (Å²) in [7, 11) is 3.64. The van der Waals surface area contributed by atoms with Gasteiger partial charge < -0.3 is 9.47 Å². The van der Waals surface area contributed by atoms with Gasteiger partial charge in [0.2, 0.25) is 0 Å². The minimum Gasteiger partial charge on any atom is -0.385 e. The van der Waals surface area contributed by atoms with Gasteiger partial charge in [0.05, 0.1) is 0 Å². The van der Waals surface area contributed by atoms with Crippen molar-refractivity contribution in [3.05, 3.63) is 34.4 Å². The van der Waals surface area contributed by atoms with Crippen molar-refractivity contribution in [3.63, 3.8) is 0 Å². The lowest BCUT2D eigenvalue weighted by atomic mass is 9.85. The van der Waals surface area contributed by atoms with Gasteiger partial charge in [-0.15, -0.1) is 0 Å². The Morgan fingerprint density at radius 2 is 0.675 bits per heavy atom. The molecule has 2 nitrogen and oxygen atoms in total. The first-order chi connectivity index (χ1) is 19.8. The average molecular weight is 559 g/mol. The Balaban J connectivity index is 2.85. The molecular formula is C38H70O2. The Bertz CT molecular complexity index is 668. The first kappa shape index (κ1) is 37.2. The molecule has 0 aliphatic rings. The normalized spacial score (nSPS) is 11.5. The highest BCUT2D eigenvalue weighted by Crippen LogP contribution is 2.28. The number of benzene rings is 1. The Labute approximate surface area is 251 Å². The molecule has 0 N–H and O–H groups in total. The number of ether oxygens (including phenoxy) is 2. The number of aryl methyl sites for hydroxylation is 2. The Hall–Kier alpha value is -0.860. The van der Waals surface area contributed by atoms with Gasteiger partial charge in [0.15, 0.2) is 0 Å². The Morgan fingerprint density at radius 3 is 1.05 bits per heavy atom. The van der Waals surface area contributed by atoms with Crippen molar-refractivity contribution in [2.45, 2.75) is 181 Å². The molecule has 0 aliphatic carbocycles. The SMILES string of the molecule is CCCCCCCCc1c(CCCCCC)ccc(CCCCCCCCOC)c1CCCCCCCCOC. The van der Waals surface area contributed by atoms with Crippen LogP contribution in [-0.4, -0.2) is 27.4 Å². The predicted octanol–water partition coefficient (Wildman–Crippen LogP) is 11.8. The summed E-state index contributed by atoms with van der Waals surface area (Å²) in [6.45, 7) is 6.49. The van der Waals surface area contributed by atoms with Crippen LogP contribution in [0.5, 0.6) is 0 Å². The van der Waals surface area contributed by atoms with Gasteiger partial charge in [0.25, 0.3) is 0 Å². The van der Waals surface area contributed by atoms with E-state index in [9.17, 15) is 0 Å². The quantitative estimate of drug-likeness (QED) is 0.0874. The van der Waals surface area contributed by atoms with Gasteiger partial charge in [-0.25, -0.2) is 0 Å². The van der Waals surface area contributed by atoms with E-state index in [1.54, 1.807) is 22.3 Å². The molecule has 234 valence electrons. The van der Waals surface area contributed by atoms with Crippen LogP contribution in [0.4, 0.5) is 0 Å². The van der Waals surface area contributed by atoms with Gasteiger partial charge in [-0.3, -0.25) is 0 Å². The third-order valence-electron chi connectivity index (χ3n) is 8.78. The lowest BCUT2D eigenvalue weighted by Crippen LogP contribution is -2.07. The van der Waals surface area contributed by atoms with E-state index >= 15 is 0 Å². The molecule has 0 unspecified atom stereocenters. The standard InChI is InChI=1S/C38H70O2/c1-5-7-9-11-17-23-29-37-35(27-21-10-8-6-2)31-32-36(28-22-16-12-14-19-25-33-39-3)38(37)30-24-18-13-15-20-26-34-40-4/h31-32H,5-30,33-34H2,1-4H3. The van der Waals surface area contributed by atoms with E-state index in [2.05, 4.69) is 26.0 Å². The summed E-state index contributed by atoms with van der Waals surface area (Å²) in [5.41, 5.74) is 6.95. The first-order valence-corrected chi connectivity index (χ1v) is 17.9. The molecular weight excluding hydrogens is 488 g/mol. The molecule has 0 aromatic heterocycles. The van der Waals surface area contributed by atoms with Crippen LogP contribution < -0.4 is 0 Å². The van der Waals surface area contributed by atoms with Crippen molar-refractivity contribution in [2.24, 2.45) is 0 Å². The van der Waals surface area contributed by atoms with Crippen molar-refractivity contribution in [3.8, 4) is 0 Å². The van der Waals surface area contributed by atoms with Gasteiger partial charge in [0.1, 0.15) is 0 Å². The van der Waals surface area contributed by atoms with E-state index in [0.29, 0.717) is 0 Å². The van der Waals surface area contributed by atoms with Crippen molar-refractivity contribution >= 4 is 0 Å². The fourth-order valence-corrected chi connectivity index (χ4v) is 6.23. The summed E-state index contributed by atoms with van der Waals surface area (Å²) in [5.74, 6) is 0. The van der Waals surface area contributed by atoms with E-state index in [1.165, 1.54) is 167 Å². The van der Waals surface area contributed by atoms with E-state index in [4.69, 9.17) is 9.47 Å². The zero-order valence-corrected chi connectivity index (χ0v) is 27.8. The van der Waals surface area contributed by atoms with Gasteiger partial charge in [-0.05, 0) is 86.5 Å². The van der Waals surface area contributed by atoms with Crippen LogP contribution in [0, 0.1) is 0 Å². The van der Waals surface area contributed by atoms with Crippen molar-refractivity contribution in [1.29, 1.82) is 0 Å². The second kappa shape index (κ2) is 28.3. The largest absolute Gasteiger partial charge is 0.385 e. The van der Waals surface area contributed by atoms with Crippen LogP contribution in [0.25, 0.3) is 0 Å². The molecule has 40 heavy (non-hydrogen) atoms. The number of rotatable bonds is 30. The first-order valence-electron chi connectivity index (χ1n) is 17.9. The van der Waals surface area contributed by atoms with E-state index < -0.39 is 0 Å². The molecule has 1 aromatic rings. The number of unbranched alkanes of at least 4 members (excludes halogenated alkanes) is 18. The number of methoxy groups -OCH3 is 2. The zero-order chi connectivity index (χ0) is 28.9. The molecule has 0 spiro atoms. The molecule has 0 heterocycles. The minimum atomic E-state index is 0.919. The number of hydrogen-bond acceptors (Lipinski definition) is 2. The lowest BCUT2D eigenvalue weighted by Gasteiger charge is -2.20. The fourth-order valence-electron chi connectivity index (χ4n) is 6.23. The van der Waals surface area contributed by atoms with Crippen molar-refractivity contribution < 1.29 is 9.47 Å². The van der Waals surface area contributed by atoms with Crippen molar-refractivity contribution in [1.82, 2.24) is 0 Å². The summed E-state index contributed by atoms with van der Waals surface area (Å²) < 4.78 is 10.4. The highest BCUT2D eigenvalue weighted by atomic mass is 16.5. The summed E-state index contributed by atoms with van der Waals surface area (Å²) in [6, 6.07) is 5.11. The topological polar surface area (TPSA) is 18.5 Å². The van der Waals surface area contributed by atoms with Crippen LogP contribution >= 0.6 is 0 Å². The van der Waals surface area contributed by atoms with E-state index in [-0.39, 0.29) is 0 Å². The van der Waals surface area contributed by atoms with Crippen molar-refractivity contribution in [2.75, 3.05) is 27.4 Å². The Kier molecular flexibility index (Phi) is 26.3. The molecule has 0 radical (unpaired) electrons. The minimum absolute atomic E-state index is 0.919. The molecule has 0 amide bonds. The molecule has 0 saturated carbocycles. The van der Waals surface area contributed by atoms with Crippen LogP contribution in [0.1, 0.15) is 177 Å². The molecule has 1 aromatic carbocycles. The maximum atomic E-state index is 5.23. The Morgan fingerprint density at radius 1 is 0.375 bits per heavy atom. The van der Waals surface area contributed by atoms with Gasteiger partial charge in [-0.2, -0.15) is 0 Å². The molecule has 2 heteroatoms. The molecule has 0 atom stereocenters. The second-order valence-electron chi connectivity index (χ2n) is 12.4. The summed E-state index contributed by atoms with van der Waals surface area (Å²) >= 11 is 0.